The lowest BCUT2D eigenvalue weighted by Crippen LogP contribution is -2.42. The van der Waals surface area contributed by atoms with Gasteiger partial charge in [-0.15, -0.1) is 13.2 Å². The van der Waals surface area contributed by atoms with Crippen LogP contribution in [0.5, 0.6) is 11.5 Å². The maximum atomic E-state index is 13.9. The molecule has 13 heteroatoms. The number of carboxylic acids is 1. The average molecular weight is 595 g/mol. The summed E-state index contributed by atoms with van der Waals surface area (Å²) in [6.45, 7) is -0.239. The minimum atomic E-state index is -4.88. The summed E-state index contributed by atoms with van der Waals surface area (Å²) in [6, 6.07) is 13.3. The molecule has 0 aliphatic heterocycles. The van der Waals surface area contributed by atoms with Gasteiger partial charge in [-0.2, -0.15) is 13.2 Å². The van der Waals surface area contributed by atoms with Crippen LogP contribution in [-0.2, 0) is 24.0 Å². The largest absolute Gasteiger partial charge is 0.573 e. The molecule has 0 bridgehead atoms. The van der Waals surface area contributed by atoms with E-state index in [4.69, 9.17) is 4.74 Å². The maximum Gasteiger partial charge on any atom is 0.573 e. The first-order chi connectivity index (χ1) is 19.7. The Balaban J connectivity index is 1.58. The lowest BCUT2D eigenvalue weighted by atomic mass is 10.0. The minimum Gasteiger partial charge on any atom is -0.487 e. The van der Waals surface area contributed by atoms with Crippen molar-refractivity contribution in [2.24, 2.45) is 0 Å². The van der Waals surface area contributed by atoms with Crippen molar-refractivity contribution < 1.29 is 54.9 Å². The first-order valence-corrected chi connectivity index (χ1v) is 12.1. The molecule has 0 fully saturated rings. The molecule has 2 N–H and O–H groups in total. The fourth-order valence-corrected chi connectivity index (χ4v) is 4.05. The van der Waals surface area contributed by atoms with Crippen LogP contribution >= 0.6 is 0 Å². The third-order valence-electron chi connectivity index (χ3n) is 6.04. The molecule has 4 rings (SSSR count). The van der Waals surface area contributed by atoms with Gasteiger partial charge in [0.25, 0.3) is 5.91 Å². The Morgan fingerprint density at radius 1 is 0.833 bits per heavy atom. The number of carbonyl (C=O) groups excluding carboxylic acids is 1. The SMILES string of the molecule is O=C(NC(Cc1ccc(C(F)(F)F)cc1)C(=O)O)c1ccc2cc(F)ccc2c1OCc1ccc(OC(F)(F)F)cc1. The van der Waals surface area contributed by atoms with Crippen molar-refractivity contribution in [3.05, 3.63) is 107 Å². The van der Waals surface area contributed by atoms with Gasteiger partial charge in [0.2, 0.25) is 0 Å². The minimum absolute atomic E-state index is 0.0562. The molecule has 0 spiro atoms. The van der Waals surface area contributed by atoms with E-state index in [0.29, 0.717) is 10.9 Å². The van der Waals surface area contributed by atoms with Crippen LogP contribution in [0.25, 0.3) is 10.8 Å². The Morgan fingerprint density at radius 3 is 2.07 bits per heavy atom. The highest BCUT2D eigenvalue weighted by Gasteiger charge is 2.31. The van der Waals surface area contributed by atoms with Gasteiger partial charge in [-0.3, -0.25) is 4.79 Å². The molecule has 0 radical (unpaired) electrons. The molecule has 1 amide bonds. The summed E-state index contributed by atoms with van der Waals surface area (Å²) >= 11 is 0. The highest BCUT2D eigenvalue weighted by Crippen LogP contribution is 2.32. The molecule has 0 saturated carbocycles. The van der Waals surface area contributed by atoms with E-state index in [9.17, 15) is 45.4 Å². The summed E-state index contributed by atoms with van der Waals surface area (Å²) < 4.78 is 99.4. The van der Waals surface area contributed by atoms with Crippen LogP contribution in [0.1, 0.15) is 27.0 Å². The smallest absolute Gasteiger partial charge is 0.487 e. The van der Waals surface area contributed by atoms with Crippen LogP contribution in [0.4, 0.5) is 30.7 Å². The monoisotopic (exact) mass is 595 g/mol. The van der Waals surface area contributed by atoms with Crippen LogP contribution in [0.3, 0.4) is 0 Å². The van der Waals surface area contributed by atoms with E-state index < -0.39 is 47.6 Å². The number of nitrogens with one attached hydrogen (secondary N) is 1. The number of carboxylic acid groups (broad SMARTS) is 1. The van der Waals surface area contributed by atoms with Gasteiger partial charge in [0.1, 0.15) is 30.0 Å². The predicted octanol–water partition coefficient (Wildman–Crippen LogP) is 6.90. The Morgan fingerprint density at radius 2 is 1.48 bits per heavy atom. The molecule has 42 heavy (non-hydrogen) atoms. The van der Waals surface area contributed by atoms with Gasteiger partial charge in [-0.1, -0.05) is 30.3 Å². The zero-order valence-electron chi connectivity index (χ0n) is 21.2. The number of rotatable bonds is 9. The lowest BCUT2D eigenvalue weighted by Gasteiger charge is -2.18. The van der Waals surface area contributed by atoms with Crippen molar-refractivity contribution in [1.29, 1.82) is 0 Å². The second kappa shape index (κ2) is 12.0. The van der Waals surface area contributed by atoms with Gasteiger partial charge in [-0.25, -0.2) is 9.18 Å². The zero-order chi connectivity index (χ0) is 30.7. The van der Waals surface area contributed by atoms with Gasteiger partial charge in [-0.05, 0) is 65.0 Å². The molecular formula is C29H20F7NO5. The zero-order valence-corrected chi connectivity index (χ0v) is 21.2. The van der Waals surface area contributed by atoms with Crippen molar-refractivity contribution in [1.82, 2.24) is 5.32 Å². The quantitative estimate of drug-likeness (QED) is 0.206. The molecule has 0 aliphatic rings. The highest BCUT2D eigenvalue weighted by molar-refractivity contribution is 6.05. The summed E-state index contributed by atoms with van der Waals surface area (Å²) in [5.41, 5.74) is -0.441. The molecule has 6 nitrogen and oxygen atoms in total. The standard InChI is InChI=1S/C29H20F7NO5/c30-20-8-12-22-18(14-20)5-11-23(25(22)41-15-17-3-9-21(10-4-17)42-29(34,35)36)26(38)37-24(27(39)40)13-16-1-6-19(7-2-16)28(31,32)33/h1-12,14,24H,13,15H2,(H,37,38)(H,39,40). The third kappa shape index (κ3) is 7.68. The van der Waals surface area contributed by atoms with E-state index in [1.54, 1.807) is 0 Å². The van der Waals surface area contributed by atoms with Crippen LogP contribution in [0, 0.1) is 5.82 Å². The van der Waals surface area contributed by atoms with Crippen LogP contribution in [0.2, 0.25) is 0 Å². The van der Waals surface area contributed by atoms with Crippen molar-refractivity contribution >= 4 is 22.6 Å². The van der Waals surface area contributed by atoms with Crippen LogP contribution in [0.15, 0.2) is 78.9 Å². The topological polar surface area (TPSA) is 84.9 Å². The summed E-state index contributed by atoms with van der Waals surface area (Å²) in [4.78, 5) is 25.2. The van der Waals surface area contributed by atoms with E-state index in [1.807, 2.05) is 0 Å². The number of alkyl halides is 6. The average Bonchev–Trinajstić information content (AvgIpc) is 2.90. The molecule has 1 atom stereocenters. The molecule has 0 heterocycles. The third-order valence-corrected chi connectivity index (χ3v) is 6.04. The number of aliphatic carboxylic acids is 1. The van der Waals surface area contributed by atoms with Crippen molar-refractivity contribution in [2.75, 3.05) is 0 Å². The fraction of sp³-hybridized carbons (Fsp3) is 0.172. The summed E-state index contributed by atoms with van der Waals surface area (Å²) in [5, 5.41) is 12.6. The van der Waals surface area contributed by atoms with E-state index in [1.165, 1.54) is 36.4 Å². The van der Waals surface area contributed by atoms with E-state index in [2.05, 4.69) is 10.1 Å². The van der Waals surface area contributed by atoms with E-state index in [0.717, 1.165) is 42.5 Å². The molecule has 0 saturated heterocycles. The number of amides is 1. The van der Waals surface area contributed by atoms with Crippen molar-refractivity contribution in [2.45, 2.75) is 31.6 Å². The van der Waals surface area contributed by atoms with Crippen molar-refractivity contribution in [3.8, 4) is 11.5 Å². The Bertz CT molecular complexity index is 1580. The Hall–Kier alpha value is -4.81. The highest BCUT2D eigenvalue weighted by atomic mass is 19.4. The van der Waals surface area contributed by atoms with Gasteiger partial charge < -0.3 is 19.9 Å². The first-order valence-electron chi connectivity index (χ1n) is 12.1. The summed E-state index contributed by atoms with van der Waals surface area (Å²) in [6.07, 6.45) is -9.79. The van der Waals surface area contributed by atoms with Crippen LogP contribution in [-0.4, -0.2) is 29.4 Å². The number of hydrogen-bond donors (Lipinski definition) is 2. The number of benzene rings is 4. The fourth-order valence-electron chi connectivity index (χ4n) is 4.05. The summed E-state index contributed by atoms with van der Waals surface area (Å²) in [7, 11) is 0. The van der Waals surface area contributed by atoms with Gasteiger partial charge in [0, 0.05) is 11.8 Å². The van der Waals surface area contributed by atoms with Gasteiger partial charge in [0.05, 0.1) is 11.1 Å². The number of ether oxygens (including phenoxy) is 2. The predicted molar refractivity (Wildman–Crippen MR) is 135 cm³/mol. The van der Waals surface area contributed by atoms with Crippen molar-refractivity contribution in [3.63, 3.8) is 0 Å². The second-order valence-corrected chi connectivity index (χ2v) is 9.05. The molecule has 0 aliphatic carbocycles. The lowest BCUT2D eigenvalue weighted by molar-refractivity contribution is -0.274. The number of hydrogen-bond acceptors (Lipinski definition) is 4. The molecule has 4 aromatic carbocycles. The molecule has 4 aromatic rings. The Labute approximate surface area is 233 Å². The van der Waals surface area contributed by atoms with E-state index >= 15 is 0 Å². The Kier molecular flexibility index (Phi) is 8.59. The van der Waals surface area contributed by atoms with Crippen LogP contribution < -0.4 is 14.8 Å². The number of carbonyl (C=O) groups is 2. The first kappa shape index (κ1) is 30.2. The molecule has 1 unspecified atom stereocenters. The number of fused-ring (bicyclic) bond motifs is 1. The summed E-state index contributed by atoms with van der Waals surface area (Å²) in [5.74, 6) is -3.44. The normalized spacial score (nSPS) is 12.5. The number of halogens is 7. The molecule has 0 aromatic heterocycles. The molecule has 220 valence electrons. The van der Waals surface area contributed by atoms with E-state index in [-0.39, 0.29) is 35.3 Å². The van der Waals surface area contributed by atoms with Gasteiger partial charge in [0.15, 0.2) is 0 Å². The van der Waals surface area contributed by atoms with Gasteiger partial charge >= 0.3 is 18.5 Å². The second-order valence-electron chi connectivity index (χ2n) is 9.05. The molecular weight excluding hydrogens is 575 g/mol. The maximum absolute atomic E-state index is 13.9.